The van der Waals surface area contributed by atoms with Crippen LogP contribution in [0.2, 0.25) is 0 Å². The molecule has 0 atom stereocenters. The molecular weight excluding hydrogens is 230 g/mol. The smallest absolute Gasteiger partial charge is 0.0674 e. The molecule has 4 heteroatoms. The first-order valence-electron chi connectivity index (χ1n) is 3.91. The van der Waals surface area contributed by atoms with Crippen LogP contribution in [0, 0.1) is 0 Å². The normalized spacial score (nSPS) is 10.2. The molecule has 2 aromatic heterocycles. The molecule has 3 nitrogen and oxygen atoms in total. The molecule has 0 radical (unpaired) electrons. The van der Waals surface area contributed by atoms with Gasteiger partial charge >= 0.3 is 0 Å². The van der Waals surface area contributed by atoms with Crippen LogP contribution in [0.15, 0.2) is 41.4 Å². The van der Waals surface area contributed by atoms with Crippen molar-refractivity contribution in [2.45, 2.75) is 6.54 Å². The van der Waals surface area contributed by atoms with Crippen LogP contribution < -0.4 is 0 Å². The fourth-order valence-electron chi connectivity index (χ4n) is 1.12. The third-order valence-corrected chi connectivity index (χ3v) is 2.10. The van der Waals surface area contributed by atoms with Crippen molar-refractivity contribution in [3.8, 4) is 0 Å². The van der Waals surface area contributed by atoms with Crippen LogP contribution in [0.4, 0.5) is 0 Å². The number of halogens is 1. The first-order chi connectivity index (χ1) is 6.34. The van der Waals surface area contributed by atoms with Crippen LogP contribution in [-0.4, -0.2) is 14.8 Å². The SMILES string of the molecule is Brc1cncc(Cn2cccn2)c1. The van der Waals surface area contributed by atoms with Gasteiger partial charge in [-0.25, -0.2) is 0 Å². The maximum absolute atomic E-state index is 4.11. The van der Waals surface area contributed by atoms with Crippen molar-refractivity contribution in [1.29, 1.82) is 0 Å². The molecule has 0 aliphatic carbocycles. The van der Waals surface area contributed by atoms with Crippen molar-refractivity contribution >= 4 is 15.9 Å². The van der Waals surface area contributed by atoms with E-state index in [4.69, 9.17) is 0 Å². The van der Waals surface area contributed by atoms with E-state index in [1.807, 2.05) is 29.2 Å². The monoisotopic (exact) mass is 237 g/mol. The minimum absolute atomic E-state index is 0.763. The molecule has 2 rings (SSSR count). The van der Waals surface area contributed by atoms with Crippen LogP contribution in [0.1, 0.15) is 5.56 Å². The molecule has 0 aliphatic rings. The highest BCUT2D eigenvalue weighted by atomic mass is 79.9. The van der Waals surface area contributed by atoms with Crippen LogP contribution in [0.5, 0.6) is 0 Å². The maximum Gasteiger partial charge on any atom is 0.0674 e. The summed E-state index contributed by atoms with van der Waals surface area (Å²) in [5, 5.41) is 4.11. The molecule has 0 unspecified atom stereocenters. The average Bonchev–Trinajstić information content (AvgIpc) is 2.57. The van der Waals surface area contributed by atoms with Gasteiger partial charge in [0.2, 0.25) is 0 Å². The van der Waals surface area contributed by atoms with E-state index in [9.17, 15) is 0 Å². The van der Waals surface area contributed by atoms with Crippen LogP contribution in [0.25, 0.3) is 0 Å². The summed E-state index contributed by atoms with van der Waals surface area (Å²) in [5.74, 6) is 0. The van der Waals surface area contributed by atoms with Crippen molar-refractivity contribution < 1.29 is 0 Å². The number of nitrogens with zero attached hydrogens (tertiary/aromatic N) is 3. The van der Waals surface area contributed by atoms with Crippen LogP contribution in [-0.2, 0) is 6.54 Å². The summed E-state index contributed by atoms with van der Waals surface area (Å²) in [6.45, 7) is 0.763. The van der Waals surface area contributed by atoms with Gasteiger partial charge in [0.1, 0.15) is 0 Å². The topological polar surface area (TPSA) is 30.7 Å². The fraction of sp³-hybridized carbons (Fsp3) is 0.111. The molecule has 0 amide bonds. The molecule has 0 N–H and O–H groups in total. The summed E-state index contributed by atoms with van der Waals surface area (Å²) in [4.78, 5) is 4.08. The van der Waals surface area contributed by atoms with Crippen molar-refractivity contribution in [2.75, 3.05) is 0 Å². The molecule has 0 saturated carbocycles. The highest BCUT2D eigenvalue weighted by Crippen LogP contribution is 2.10. The van der Waals surface area contributed by atoms with Crippen molar-refractivity contribution in [1.82, 2.24) is 14.8 Å². The second-order valence-electron chi connectivity index (χ2n) is 2.72. The van der Waals surface area contributed by atoms with Crippen molar-refractivity contribution in [2.24, 2.45) is 0 Å². The molecule has 2 aromatic rings. The summed E-state index contributed by atoms with van der Waals surface area (Å²) in [7, 11) is 0. The summed E-state index contributed by atoms with van der Waals surface area (Å²) in [5.41, 5.74) is 1.14. The predicted molar refractivity (Wildman–Crippen MR) is 53.3 cm³/mol. The molecular formula is C9H8BrN3. The molecule has 0 bridgehead atoms. The van der Waals surface area contributed by atoms with Gasteiger partial charge in [0.15, 0.2) is 0 Å². The summed E-state index contributed by atoms with van der Waals surface area (Å²) < 4.78 is 2.86. The predicted octanol–water partition coefficient (Wildman–Crippen LogP) is 2.09. The second kappa shape index (κ2) is 3.70. The Morgan fingerprint density at radius 1 is 1.38 bits per heavy atom. The Morgan fingerprint density at radius 3 is 3.00 bits per heavy atom. The van der Waals surface area contributed by atoms with Gasteiger partial charge in [-0.2, -0.15) is 5.10 Å². The first kappa shape index (κ1) is 8.44. The number of hydrogen-bond donors (Lipinski definition) is 0. The maximum atomic E-state index is 4.11. The third kappa shape index (κ3) is 2.15. The first-order valence-corrected chi connectivity index (χ1v) is 4.71. The number of hydrogen-bond acceptors (Lipinski definition) is 2. The quantitative estimate of drug-likeness (QED) is 0.801. The Bertz CT molecular complexity index is 384. The second-order valence-corrected chi connectivity index (χ2v) is 3.63. The Kier molecular flexibility index (Phi) is 2.40. The van der Waals surface area contributed by atoms with Gasteiger partial charge in [0.25, 0.3) is 0 Å². The Morgan fingerprint density at radius 2 is 2.31 bits per heavy atom. The van der Waals surface area contributed by atoms with E-state index in [0.717, 1.165) is 16.6 Å². The van der Waals surface area contributed by atoms with Crippen LogP contribution >= 0.6 is 15.9 Å². The zero-order chi connectivity index (χ0) is 9.10. The molecule has 13 heavy (non-hydrogen) atoms. The third-order valence-electron chi connectivity index (χ3n) is 1.67. The molecule has 2 heterocycles. The van der Waals surface area contributed by atoms with E-state index in [2.05, 4.69) is 26.0 Å². The number of pyridine rings is 1. The van der Waals surface area contributed by atoms with Gasteiger partial charge in [-0.15, -0.1) is 0 Å². The minimum Gasteiger partial charge on any atom is -0.268 e. The largest absolute Gasteiger partial charge is 0.268 e. The van der Waals surface area contributed by atoms with E-state index < -0.39 is 0 Å². The lowest BCUT2D eigenvalue weighted by molar-refractivity contribution is 0.684. The molecule has 0 aliphatic heterocycles. The van der Waals surface area contributed by atoms with Crippen LogP contribution in [0.3, 0.4) is 0 Å². The van der Waals surface area contributed by atoms with E-state index in [0.29, 0.717) is 0 Å². The van der Waals surface area contributed by atoms with Gasteiger partial charge in [-0.05, 0) is 33.6 Å². The standard InChI is InChI=1S/C9H8BrN3/c10-9-4-8(5-11-6-9)7-13-3-1-2-12-13/h1-6H,7H2. The molecule has 66 valence electrons. The van der Waals surface area contributed by atoms with Crippen molar-refractivity contribution in [3.05, 3.63) is 47.0 Å². The van der Waals surface area contributed by atoms with Gasteiger partial charge in [-0.3, -0.25) is 9.67 Å². The lowest BCUT2D eigenvalue weighted by Crippen LogP contribution is -1.99. The summed E-state index contributed by atoms with van der Waals surface area (Å²) in [6.07, 6.45) is 7.31. The number of aromatic nitrogens is 3. The van der Waals surface area contributed by atoms with Gasteiger partial charge in [-0.1, -0.05) is 0 Å². The lowest BCUT2D eigenvalue weighted by atomic mass is 10.3. The Balaban J connectivity index is 2.19. The molecule has 0 spiro atoms. The number of rotatable bonds is 2. The molecule has 0 aromatic carbocycles. The minimum atomic E-state index is 0.763. The Hall–Kier alpha value is -1.16. The summed E-state index contributed by atoms with van der Waals surface area (Å²) >= 11 is 3.37. The Labute approximate surface area is 84.5 Å². The van der Waals surface area contributed by atoms with E-state index in [-0.39, 0.29) is 0 Å². The lowest BCUT2D eigenvalue weighted by Gasteiger charge is -2.00. The van der Waals surface area contributed by atoms with Gasteiger partial charge in [0, 0.05) is 29.3 Å². The van der Waals surface area contributed by atoms with Gasteiger partial charge in [0.05, 0.1) is 6.54 Å². The fourth-order valence-corrected chi connectivity index (χ4v) is 1.54. The van der Waals surface area contributed by atoms with E-state index >= 15 is 0 Å². The molecule has 0 saturated heterocycles. The highest BCUT2D eigenvalue weighted by Gasteiger charge is 1.95. The average molecular weight is 238 g/mol. The zero-order valence-corrected chi connectivity index (χ0v) is 8.48. The van der Waals surface area contributed by atoms with Gasteiger partial charge < -0.3 is 0 Å². The molecule has 0 fully saturated rings. The van der Waals surface area contributed by atoms with E-state index in [1.165, 1.54) is 0 Å². The zero-order valence-electron chi connectivity index (χ0n) is 6.89. The summed E-state index contributed by atoms with van der Waals surface area (Å²) in [6, 6.07) is 3.94. The van der Waals surface area contributed by atoms with Crippen molar-refractivity contribution in [3.63, 3.8) is 0 Å². The van der Waals surface area contributed by atoms with E-state index in [1.54, 1.807) is 12.4 Å². The highest BCUT2D eigenvalue weighted by molar-refractivity contribution is 9.10.